The zero-order valence-electron chi connectivity index (χ0n) is 30.9. The molecule has 1 heterocycles. The van der Waals surface area contributed by atoms with E-state index in [1.54, 1.807) is 11.4 Å². The second kappa shape index (κ2) is 9.84. The number of carbonyl (C=O) groups is 1. The average Bonchev–Trinajstić information content (AvgIpc) is 2.87. The molecule has 0 spiro atoms. The van der Waals surface area contributed by atoms with Gasteiger partial charge in [-0.2, -0.15) is 0 Å². The van der Waals surface area contributed by atoms with Gasteiger partial charge in [0.2, 0.25) is 0 Å². The summed E-state index contributed by atoms with van der Waals surface area (Å²) in [7, 11) is 0.749. The Morgan fingerprint density at radius 1 is 1.36 bits per heavy atom. The minimum absolute atomic E-state index is 0.0268. The van der Waals surface area contributed by atoms with Gasteiger partial charge in [-0.25, -0.2) is 4.79 Å². The second-order valence-corrected chi connectivity index (χ2v) is 6.94. The zero-order valence-corrected chi connectivity index (χ0v) is 16.7. The van der Waals surface area contributed by atoms with E-state index in [1.165, 1.54) is 4.90 Å². The summed E-state index contributed by atoms with van der Waals surface area (Å²) in [5, 5.41) is 2.07. The molecule has 1 saturated heterocycles. The number of nitrogens with one attached hydrogen (secondary N) is 1. The summed E-state index contributed by atoms with van der Waals surface area (Å²) in [6.45, 7) is -3.36. The molecule has 1 aromatic carbocycles. The van der Waals surface area contributed by atoms with Gasteiger partial charge in [-0.05, 0) is 62.9 Å². The highest BCUT2D eigenvalue weighted by atomic mass is 35.5. The van der Waals surface area contributed by atoms with Gasteiger partial charge in [0.05, 0.1) is 12.1 Å². The fraction of sp³-hybridized carbons (Fsp3) is 0.682. The Balaban J connectivity index is 1.97. The van der Waals surface area contributed by atoms with Gasteiger partial charge in [0, 0.05) is 65.4 Å². The van der Waals surface area contributed by atoms with Crippen LogP contribution in [-0.2, 0) is 0 Å². The first-order valence-electron chi connectivity index (χ1n) is 16.5. The van der Waals surface area contributed by atoms with Gasteiger partial charge in [0.1, 0.15) is 0 Å². The highest BCUT2D eigenvalue weighted by Gasteiger charge is 2.24. The summed E-state index contributed by atoms with van der Waals surface area (Å²) in [4.78, 5) is 15.8. The maximum Gasteiger partial charge on any atom is 0.317 e. The maximum atomic E-state index is 12.7. The third kappa shape index (κ3) is 5.54. The highest BCUT2D eigenvalue weighted by Crippen LogP contribution is 2.30. The summed E-state index contributed by atoms with van der Waals surface area (Å²) >= 11 is 6.43. The molecule has 0 aromatic heterocycles. The van der Waals surface area contributed by atoms with Crippen molar-refractivity contribution in [3.63, 3.8) is 0 Å². The molecule has 6 heteroatoms. The van der Waals surface area contributed by atoms with Crippen molar-refractivity contribution in [1.29, 1.82) is 0 Å². The van der Waals surface area contributed by atoms with Crippen molar-refractivity contribution in [1.82, 2.24) is 15.1 Å². The maximum absolute atomic E-state index is 12.7. The molecule has 0 unspecified atom stereocenters. The monoisotopic (exact) mass is 421 g/mol. The second-order valence-electron chi connectivity index (χ2n) is 6.56. The van der Waals surface area contributed by atoms with Crippen LogP contribution in [0.15, 0.2) is 18.2 Å². The topological polar surface area (TPSA) is 38.8 Å². The number of hydrogen-bond donors (Lipinski definition) is 1. The molecule has 1 N–H and O–H groups in total. The first-order chi connectivity index (χ1) is 19.1. The number of amides is 2. The third-order valence-electron chi connectivity index (χ3n) is 4.48. The summed E-state index contributed by atoms with van der Waals surface area (Å²) in [5.74, 6) is -3.49. The molecule has 0 atom stereocenters. The Morgan fingerprint density at radius 2 is 2.07 bits per heavy atom. The number of aryl methyl sites for hydroxylation is 1. The number of hydrogen-bond acceptors (Lipinski definition) is 3. The lowest BCUT2D eigenvalue weighted by Gasteiger charge is -2.37. The van der Waals surface area contributed by atoms with Crippen molar-refractivity contribution in [3.05, 3.63) is 28.8 Å². The van der Waals surface area contributed by atoms with Crippen molar-refractivity contribution in [2.75, 3.05) is 51.6 Å². The number of nitrogens with zero attached hydrogens (tertiary/aromatic N) is 3. The molecular formula is C22H35ClN4O. The highest BCUT2D eigenvalue weighted by molar-refractivity contribution is 6.34. The minimum Gasteiger partial charge on any atom is -0.368 e. The van der Waals surface area contributed by atoms with Crippen LogP contribution in [0.5, 0.6) is 0 Å². The Hall–Kier alpha value is -1.46. The summed E-state index contributed by atoms with van der Waals surface area (Å²) in [6, 6.07) is -0.0409. The molecule has 1 saturated carbocycles. The first kappa shape index (κ1) is 9.13. The Morgan fingerprint density at radius 3 is 2.75 bits per heavy atom. The van der Waals surface area contributed by atoms with Crippen LogP contribution in [0.25, 0.3) is 0 Å². The van der Waals surface area contributed by atoms with E-state index in [2.05, 4.69) is 0 Å². The predicted octanol–water partition coefficient (Wildman–Crippen LogP) is 3.99. The SMILES string of the molecule is [2H]C([2H])([2H])N(C)C(=O)NC1([2H])C([2H])([2H])C([2H])([2H])C([2H])(CC([2H])([2H])N2CCN(c3cccc(C)c3Cl)CC2)C([2H])([2H])C1([2H])[2H]. The fourth-order valence-corrected chi connectivity index (χ4v) is 3.10. The molecule has 1 aliphatic heterocycles. The van der Waals surface area contributed by atoms with Gasteiger partial charge < -0.3 is 15.1 Å². The van der Waals surface area contributed by atoms with Crippen molar-refractivity contribution in [2.24, 2.45) is 5.89 Å². The van der Waals surface area contributed by atoms with E-state index in [9.17, 15) is 4.79 Å². The van der Waals surface area contributed by atoms with Gasteiger partial charge >= 0.3 is 6.03 Å². The molecule has 0 radical (unpaired) electrons. The van der Waals surface area contributed by atoms with E-state index >= 15 is 0 Å². The molecule has 0 bridgehead atoms. The normalized spacial score (nSPS) is 44.8. The lowest BCUT2D eigenvalue weighted by Crippen LogP contribution is -2.47. The van der Waals surface area contributed by atoms with Gasteiger partial charge in [-0.15, -0.1) is 0 Å². The Kier molecular flexibility index (Phi) is 3.21. The van der Waals surface area contributed by atoms with E-state index in [-0.39, 0.29) is 31.1 Å². The molecule has 2 fully saturated rings. The predicted molar refractivity (Wildman–Crippen MR) is 117 cm³/mol. The average molecular weight is 422 g/mol. The molecule has 2 aliphatic rings. The first-order valence-corrected chi connectivity index (χ1v) is 9.33. The number of piperazine rings is 1. The van der Waals surface area contributed by atoms with E-state index in [0.29, 0.717) is 5.02 Å². The lowest BCUT2D eigenvalue weighted by atomic mass is 9.84. The smallest absolute Gasteiger partial charge is 0.317 e. The van der Waals surface area contributed by atoms with Crippen molar-refractivity contribution < 1.29 is 25.4 Å². The van der Waals surface area contributed by atoms with Gasteiger partial charge in [-0.3, -0.25) is 4.90 Å². The van der Waals surface area contributed by atoms with E-state index in [1.807, 2.05) is 24.0 Å². The van der Waals surface area contributed by atoms with Crippen molar-refractivity contribution in [2.45, 2.75) is 44.9 Å². The Labute approximate surface area is 196 Å². The van der Waals surface area contributed by atoms with E-state index in [4.69, 9.17) is 32.2 Å². The molecule has 156 valence electrons. The van der Waals surface area contributed by atoms with Crippen LogP contribution in [0, 0.1) is 12.8 Å². The van der Waals surface area contributed by atoms with Crippen LogP contribution in [0.3, 0.4) is 0 Å². The number of urea groups is 1. The number of benzene rings is 1. The van der Waals surface area contributed by atoms with Gasteiger partial charge in [0.15, 0.2) is 0 Å². The molecule has 28 heavy (non-hydrogen) atoms. The Bertz CT molecular complexity index is 1210. The van der Waals surface area contributed by atoms with Crippen molar-refractivity contribution >= 4 is 23.3 Å². The van der Waals surface area contributed by atoms with Crippen molar-refractivity contribution in [3.8, 4) is 0 Å². The van der Waals surface area contributed by atoms with Crippen LogP contribution in [-0.4, -0.2) is 68.5 Å². The number of anilines is 1. The summed E-state index contributed by atoms with van der Waals surface area (Å²) in [6.07, 6.45) is -16.7. The standard InChI is InChI=1S/C22H35ClN4O/c1-17-5-4-6-20(21(17)23)27-15-13-26(14-16-27)12-11-18-7-9-19(10-8-18)24-22(28)25(2)3/h4-6,18-19H,7-16H2,1-3H3,(H,24,28)/i2D3,7D2,8D2,9D2,10D2,12D2,18D,19D. The molecule has 1 aromatic rings. The van der Waals surface area contributed by atoms with Crippen LogP contribution in [0.1, 0.15) is 58.0 Å². The van der Waals surface area contributed by atoms with Crippen LogP contribution in [0.4, 0.5) is 10.5 Å². The quantitative estimate of drug-likeness (QED) is 0.781. The van der Waals surface area contributed by atoms with E-state index < -0.39 is 63.3 Å². The fourth-order valence-electron chi connectivity index (χ4n) is 2.85. The van der Waals surface area contributed by atoms with Crippen LogP contribution in [0.2, 0.25) is 5.02 Å². The number of carbonyl (C=O) groups excluding carboxylic acids is 1. The van der Waals surface area contributed by atoms with Gasteiger partial charge in [-0.1, -0.05) is 23.7 Å². The molecule has 2 amide bonds. The number of rotatable bonds is 5. The molecule has 5 nitrogen and oxygen atoms in total. The lowest BCUT2D eigenvalue weighted by molar-refractivity contribution is 0.194. The molecular weight excluding hydrogens is 372 g/mol. The minimum atomic E-state index is -3.88. The summed E-state index contributed by atoms with van der Waals surface area (Å²) < 4.78 is 126. The van der Waals surface area contributed by atoms with E-state index in [0.717, 1.165) is 18.3 Å². The van der Waals surface area contributed by atoms with Gasteiger partial charge in [0.25, 0.3) is 0 Å². The number of halogens is 1. The van der Waals surface area contributed by atoms with Crippen LogP contribution >= 0.6 is 11.6 Å². The molecule has 3 rings (SSSR count). The largest absolute Gasteiger partial charge is 0.368 e. The molecule has 1 aliphatic carbocycles. The van der Waals surface area contributed by atoms with Crippen LogP contribution < -0.4 is 10.2 Å². The summed E-state index contributed by atoms with van der Waals surface area (Å²) in [5.41, 5.74) is 1.56. The zero-order chi connectivity index (χ0) is 33.4. The third-order valence-corrected chi connectivity index (χ3v) is 4.98.